The van der Waals surface area contributed by atoms with Crippen LogP contribution in [0.15, 0.2) is 12.5 Å². The van der Waals surface area contributed by atoms with Crippen molar-refractivity contribution in [3.8, 4) is 0 Å². The molecule has 7 nitrogen and oxygen atoms in total. The number of rotatable bonds is 4. The van der Waals surface area contributed by atoms with Crippen LogP contribution in [0.2, 0.25) is 0 Å². The third-order valence-electron chi connectivity index (χ3n) is 6.59. The van der Waals surface area contributed by atoms with E-state index in [-0.39, 0.29) is 17.4 Å². The van der Waals surface area contributed by atoms with Gasteiger partial charge in [0.1, 0.15) is 0 Å². The molecular formula is C20H31N5O2. The molecule has 2 N–H and O–H groups in total. The predicted molar refractivity (Wildman–Crippen MR) is 102 cm³/mol. The normalized spacial score (nSPS) is 26.7. The lowest BCUT2D eigenvalue weighted by Crippen LogP contribution is -2.57. The quantitative estimate of drug-likeness (QED) is 0.850. The molecule has 1 aliphatic carbocycles. The van der Waals surface area contributed by atoms with Crippen LogP contribution >= 0.6 is 0 Å². The van der Waals surface area contributed by atoms with E-state index in [1.54, 1.807) is 6.33 Å². The molecule has 3 aliphatic rings. The Labute approximate surface area is 160 Å². The summed E-state index contributed by atoms with van der Waals surface area (Å²) >= 11 is 0. The van der Waals surface area contributed by atoms with Crippen molar-refractivity contribution >= 4 is 11.9 Å². The Morgan fingerprint density at radius 1 is 1.26 bits per heavy atom. The molecule has 1 aromatic rings. The highest BCUT2D eigenvalue weighted by Crippen LogP contribution is 2.39. The molecule has 4 rings (SSSR count). The average molecular weight is 374 g/mol. The number of nitrogens with one attached hydrogen (secondary N) is 2. The number of nitrogens with zero attached hydrogens (tertiary/aromatic N) is 3. The monoisotopic (exact) mass is 373 g/mol. The molecule has 7 heteroatoms. The van der Waals surface area contributed by atoms with Crippen LogP contribution in [0, 0.1) is 5.41 Å². The van der Waals surface area contributed by atoms with E-state index < -0.39 is 0 Å². The van der Waals surface area contributed by atoms with Gasteiger partial charge in [0, 0.05) is 62.4 Å². The van der Waals surface area contributed by atoms with Crippen molar-refractivity contribution in [1.82, 2.24) is 25.1 Å². The first-order valence-corrected chi connectivity index (χ1v) is 10.4. The van der Waals surface area contributed by atoms with Crippen molar-refractivity contribution in [2.45, 2.75) is 63.8 Å². The molecule has 3 heterocycles. The van der Waals surface area contributed by atoms with Crippen LogP contribution in [-0.2, 0) is 11.2 Å². The molecule has 1 saturated carbocycles. The van der Waals surface area contributed by atoms with Gasteiger partial charge in [0.2, 0.25) is 5.91 Å². The first-order chi connectivity index (χ1) is 13.1. The van der Waals surface area contributed by atoms with Crippen LogP contribution in [0.25, 0.3) is 0 Å². The highest BCUT2D eigenvalue weighted by molar-refractivity contribution is 5.77. The van der Waals surface area contributed by atoms with Gasteiger partial charge >= 0.3 is 6.03 Å². The second kappa shape index (κ2) is 7.90. The molecule has 0 bridgehead atoms. The van der Waals surface area contributed by atoms with Crippen LogP contribution in [0.3, 0.4) is 0 Å². The number of carbonyl (C=O) groups excluding carboxylic acids is 2. The number of likely N-dealkylation sites (tertiary alicyclic amines) is 2. The molecule has 3 fully saturated rings. The third kappa shape index (κ3) is 4.28. The summed E-state index contributed by atoms with van der Waals surface area (Å²) in [4.78, 5) is 36.3. The van der Waals surface area contributed by atoms with Gasteiger partial charge in [-0.05, 0) is 32.1 Å². The second-order valence-corrected chi connectivity index (χ2v) is 8.60. The second-order valence-electron chi connectivity index (χ2n) is 8.60. The van der Waals surface area contributed by atoms with Gasteiger partial charge in [-0.3, -0.25) is 4.79 Å². The van der Waals surface area contributed by atoms with Crippen LogP contribution < -0.4 is 5.32 Å². The minimum absolute atomic E-state index is 0.0627. The van der Waals surface area contributed by atoms with Crippen LogP contribution in [0.4, 0.5) is 4.79 Å². The first-order valence-electron chi connectivity index (χ1n) is 10.4. The minimum Gasteiger partial charge on any atom is -0.348 e. The molecule has 2 saturated heterocycles. The molecule has 1 atom stereocenters. The maximum absolute atomic E-state index is 12.7. The Morgan fingerprint density at radius 2 is 2.11 bits per heavy atom. The summed E-state index contributed by atoms with van der Waals surface area (Å²) in [7, 11) is 0. The zero-order valence-corrected chi connectivity index (χ0v) is 16.1. The largest absolute Gasteiger partial charge is 0.348 e. The third-order valence-corrected chi connectivity index (χ3v) is 6.59. The molecule has 1 aromatic heterocycles. The summed E-state index contributed by atoms with van der Waals surface area (Å²) in [6.45, 7) is 3.10. The maximum atomic E-state index is 12.7. The highest BCUT2D eigenvalue weighted by atomic mass is 16.2. The zero-order chi connectivity index (χ0) is 18.7. The SMILES string of the molecule is O=C1CCC2(CCCN(C(=O)NC3CCCC3)C2)CN1CCc1cnc[nH]1. The summed E-state index contributed by atoms with van der Waals surface area (Å²) in [6, 6.07) is 0.455. The van der Waals surface area contributed by atoms with Gasteiger partial charge in [-0.2, -0.15) is 0 Å². The van der Waals surface area contributed by atoms with Crippen molar-refractivity contribution in [3.63, 3.8) is 0 Å². The van der Waals surface area contributed by atoms with Gasteiger partial charge in [0.25, 0.3) is 0 Å². The number of carbonyl (C=O) groups is 2. The van der Waals surface area contributed by atoms with E-state index in [1.165, 1.54) is 12.8 Å². The summed E-state index contributed by atoms with van der Waals surface area (Å²) in [5, 5.41) is 3.23. The lowest BCUT2D eigenvalue weighted by atomic mass is 9.73. The Kier molecular flexibility index (Phi) is 5.36. The zero-order valence-electron chi connectivity index (χ0n) is 16.1. The van der Waals surface area contributed by atoms with E-state index >= 15 is 0 Å². The van der Waals surface area contributed by atoms with Gasteiger partial charge in [0.15, 0.2) is 0 Å². The van der Waals surface area contributed by atoms with Crippen molar-refractivity contribution in [3.05, 3.63) is 18.2 Å². The molecule has 3 amide bonds. The van der Waals surface area contributed by atoms with E-state index in [1.807, 2.05) is 16.0 Å². The van der Waals surface area contributed by atoms with E-state index in [4.69, 9.17) is 0 Å². The smallest absolute Gasteiger partial charge is 0.317 e. The number of urea groups is 1. The van der Waals surface area contributed by atoms with Crippen molar-refractivity contribution < 1.29 is 9.59 Å². The Morgan fingerprint density at radius 3 is 2.89 bits per heavy atom. The summed E-state index contributed by atoms with van der Waals surface area (Å²) in [5.74, 6) is 0.243. The van der Waals surface area contributed by atoms with Crippen molar-refractivity contribution in [2.75, 3.05) is 26.2 Å². The fraction of sp³-hybridized carbons (Fsp3) is 0.750. The molecule has 148 valence electrons. The Hall–Kier alpha value is -2.05. The van der Waals surface area contributed by atoms with Gasteiger partial charge in [-0.25, -0.2) is 9.78 Å². The molecule has 0 radical (unpaired) electrons. The van der Waals surface area contributed by atoms with Crippen molar-refractivity contribution in [2.24, 2.45) is 5.41 Å². The Balaban J connectivity index is 1.35. The number of hydrogen-bond donors (Lipinski definition) is 2. The number of imidazole rings is 1. The summed E-state index contributed by atoms with van der Waals surface area (Å²) < 4.78 is 0. The standard InChI is InChI=1S/C20H31N5O2/c26-18-6-9-20(13-24(18)11-7-17-12-21-15-22-17)8-3-10-25(14-20)19(27)23-16-4-1-2-5-16/h12,15-16H,1-11,13-14H2,(H,21,22)(H,23,27). The molecule has 0 aromatic carbocycles. The molecule has 2 aliphatic heterocycles. The number of piperidine rings is 2. The van der Waals surface area contributed by atoms with Crippen molar-refractivity contribution in [1.29, 1.82) is 0 Å². The van der Waals surface area contributed by atoms with E-state index in [0.717, 1.165) is 70.4 Å². The fourth-order valence-corrected chi connectivity index (χ4v) is 5.03. The number of aromatic nitrogens is 2. The van der Waals surface area contributed by atoms with Gasteiger partial charge in [-0.15, -0.1) is 0 Å². The van der Waals surface area contributed by atoms with E-state index in [9.17, 15) is 9.59 Å². The molecule has 27 heavy (non-hydrogen) atoms. The van der Waals surface area contributed by atoms with Gasteiger partial charge < -0.3 is 20.1 Å². The number of aromatic amines is 1. The van der Waals surface area contributed by atoms with Gasteiger partial charge in [0.05, 0.1) is 6.33 Å². The first kappa shape index (κ1) is 18.3. The van der Waals surface area contributed by atoms with E-state index in [0.29, 0.717) is 12.5 Å². The van der Waals surface area contributed by atoms with Crippen LogP contribution in [0.5, 0.6) is 0 Å². The lowest BCUT2D eigenvalue weighted by molar-refractivity contribution is -0.138. The molecule has 1 spiro atoms. The predicted octanol–water partition coefficient (Wildman–Crippen LogP) is 2.31. The number of amides is 3. The minimum atomic E-state index is 0.0627. The molecular weight excluding hydrogens is 342 g/mol. The van der Waals surface area contributed by atoms with Crippen LogP contribution in [0.1, 0.15) is 57.1 Å². The highest BCUT2D eigenvalue weighted by Gasteiger charge is 2.42. The lowest BCUT2D eigenvalue weighted by Gasteiger charge is -2.48. The molecule has 1 unspecified atom stereocenters. The van der Waals surface area contributed by atoms with E-state index in [2.05, 4.69) is 15.3 Å². The average Bonchev–Trinajstić information content (AvgIpc) is 3.37. The maximum Gasteiger partial charge on any atom is 0.317 e. The number of hydrogen-bond acceptors (Lipinski definition) is 3. The topological polar surface area (TPSA) is 81.3 Å². The summed E-state index contributed by atoms with van der Waals surface area (Å²) in [6.07, 6.45) is 12.6. The number of H-pyrrole nitrogens is 1. The summed E-state index contributed by atoms with van der Waals surface area (Å²) in [5.41, 5.74) is 1.12. The fourth-order valence-electron chi connectivity index (χ4n) is 5.03. The van der Waals surface area contributed by atoms with Crippen LogP contribution in [-0.4, -0.2) is 63.9 Å². The van der Waals surface area contributed by atoms with Gasteiger partial charge in [-0.1, -0.05) is 12.8 Å². The Bertz CT molecular complexity index is 655.